The molecule has 5 heteroatoms. The standard InChI is InChI=1S/C15H12Cl2O2S/c1-19-15-7-10(5-6-13(15)17)14(18)9-20-12-4-2-3-11(16)8-12/h2-8H,9H2,1H3. The predicted octanol–water partition coefficient (Wildman–Crippen LogP) is 4.98. The van der Waals surface area contributed by atoms with E-state index in [0.717, 1.165) is 4.90 Å². The molecule has 0 aliphatic rings. The summed E-state index contributed by atoms with van der Waals surface area (Å²) in [6, 6.07) is 12.4. The van der Waals surface area contributed by atoms with Gasteiger partial charge in [-0.05, 0) is 36.4 Å². The molecule has 0 heterocycles. The van der Waals surface area contributed by atoms with Gasteiger partial charge in [0, 0.05) is 15.5 Å². The normalized spacial score (nSPS) is 10.3. The molecule has 2 rings (SSSR count). The molecule has 2 aromatic carbocycles. The van der Waals surface area contributed by atoms with E-state index in [9.17, 15) is 4.79 Å². The molecule has 0 atom stereocenters. The SMILES string of the molecule is COc1cc(C(=O)CSc2cccc(Cl)c2)ccc1Cl. The molecule has 0 spiro atoms. The van der Waals surface area contributed by atoms with Crippen LogP contribution in [0.5, 0.6) is 5.75 Å². The Kier molecular flexibility index (Phi) is 5.35. The molecular weight excluding hydrogens is 315 g/mol. The number of halogens is 2. The van der Waals surface area contributed by atoms with Crippen molar-refractivity contribution in [2.45, 2.75) is 4.90 Å². The van der Waals surface area contributed by atoms with Crippen LogP contribution in [0.25, 0.3) is 0 Å². The first-order valence-corrected chi connectivity index (χ1v) is 7.59. The van der Waals surface area contributed by atoms with E-state index in [1.54, 1.807) is 24.3 Å². The van der Waals surface area contributed by atoms with Crippen LogP contribution < -0.4 is 4.74 Å². The maximum Gasteiger partial charge on any atom is 0.173 e. The lowest BCUT2D eigenvalue weighted by Gasteiger charge is -2.06. The predicted molar refractivity (Wildman–Crippen MR) is 84.5 cm³/mol. The third kappa shape index (κ3) is 3.92. The summed E-state index contributed by atoms with van der Waals surface area (Å²) in [5.74, 6) is 0.862. The van der Waals surface area contributed by atoms with Gasteiger partial charge in [-0.15, -0.1) is 11.8 Å². The Balaban J connectivity index is 2.05. The lowest BCUT2D eigenvalue weighted by molar-refractivity contribution is 0.102. The van der Waals surface area contributed by atoms with Gasteiger partial charge in [0.25, 0.3) is 0 Å². The first-order chi connectivity index (χ1) is 9.60. The molecule has 0 radical (unpaired) electrons. The molecule has 0 unspecified atom stereocenters. The molecule has 0 saturated carbocycles. The molecule has 2 aromatic rings. The Morgan fingerprint density at radius 1 is 1.20 bits per heavy atom. The summed E-state index contributed by atoms with van der Waals surface area (Å²) in [7, 11) is 1.52. The quantitative estimate of drug-likeness (QED) is 0.572. The number of thioether (sulfide) groups is 1. The van der Waals surface area contributed by atoms with Crippen molar-refractivity contribution in [1.29, 1.82) is 0 Å². The van der Waals surface area contributed by atoms with E-state index in [4.69, 9.17) is 27.9 Å². The minimum atomic E-state index is 0.0185. The average Bonchev–Trinajstić information content (AvgIpc) is 2.45. The Bertz CT molecular complexity index is 629. The van der Waals surface area contributed by atoms with Gasteiger partial charge in [0.15, 0.2) is 5.78 Å². The van der Waals surface area contributed by atoms with Crippen molar-refractivity contribution in [2.24, 2.45) is 0 Å². The topological polar surface area (TPSA) is 26.3 Å². The minimum Gasteiger partial charge on any atom is -0.495 e. The van der Waals surface area contributed by atoms with Gasteiger partial charge >= 0.3 is 0 Å². The van der Waals surface area contributed by atoms with Crippen LogP contribution in [0, 0.1) is 0 Å². The van der Waals surface area contributed by atoms with E-state index >= 15 is 0 Å². The van der Waals surface area contributed by atoms with Gasteiger partial charge in [-0.2, -0.15) is 0 Å². The van der Waals surface area contributed by atoms with Gasteiger partial charge in [-0.1, -0.05) is 29.3 Å². The first kappa shape index (κ1) is 15.2. The van der Waals surface area contributed by atoms with Gasteiger partial charge in [-0.3, -0.25) is 4.79 Å². The molecule has 2 nitrogen and oxygen atoms in total. The van der Waals surface area contributed by atoms with E-state index in [1.165, 1.54) is 18.9 Å². The fraction of sp³-hybridized carbons (Fsp3) is 0.133. The fourth-order valence-electron chi connectivity index (χ4n) is 1.62. The van der Waals surface area contributed by atoms with Crippen LogP contribution in [0.15, 0.2) is 47.4 Å². The maximum absolute atomic E-state index is 12.1. The van der Waals surface area contributed by atoms with Crippen LogP contribution in [-0.2, 0) is 0 Å². The molecule has 0 N–H and O–H groups in total. The number of carbonyl (C=O) groups excluding carboxylic acids is 1. The summed E-state index contributed by atoms with van der Waals surface area (Å²) in [6.45, 7) is 0. The van der Waals surface area contributed by atoms with Gasteiger partial charge in [0.05, 0.1) is 17.9 Å². The molecule has 0 fully saturated rings. The van der Waals surface area contributed by atoms with E-state index in [2.05, 4.69) is 0 Å². The summed E-state index contributed by atoms with van der Waals surface area (Å²) in [5, 5.41) is 1.15. The molecule has 0 aromatic heterocycles. The number of ether oxygens (including phenoxy) is 1. The summed E-state index contributed by atoms with van der Waals surface area (Å²) < 4.78 is 5.11. The summed E-state index contributed by atoms with van der Waals surface area (Å²) in [5.41, 5.74) is 0.584. The van der Waals surface area contributed by atoms with Crippen LogP contribution in [0.4, 0.5) is 0 Å². The third-order valence-corrected chi connectivity index (χ3v) is 4.18. The highest BCUT2D eigenvalue weighted by atomic mass is 35.5. The zero-order valence-corrected chi connectivity index (χ0v) is 13.1. The van der Waals surface area contributed by atoms with Crippen molar-refractivity contribution in [2.75, 3.05) is 12.9 Å². The zero-order valence-electron chi connectivity index (χ0n) is 10.7. The Morgan fingerprint density at radius 3 is 2.70 bits per heavy atom. The number of rotatable bonds is 5. The van der Waals surface area contributed by atoms with Gasteiger partial charge in [0.1, 0.15) is 5.75 Å². The van der Waals surface area contributed by atoms with Gasteiger partial charge in [-0.25, -0.2) is 0 Å². The van der Waals surface area contributed by atoms with Crippen molar-refractivity contribution in [1.82, 2.24) is 0 Å². The van der Waals surface area contributed by atoms with Crippen LogP contribution in [-0.4, -0.2) is 18.6 Å². The van der Waals surface area contributed by atoms with Crippen molar-refractivity contribution in [3.05, 3.63) is 58.1 Å². The average molecular weight is 327 g/mol. The van der Waals surface area contributed by atoms with Crippen LogP contribution >= 0.6 is 35.0 Å². The summed E-state index contributed by atoms with van der Waals surface area (Å²) in [4.78, 5) is 13.1. The molecule has 0 saturated heterocycles. The van der Waals surface area contributed by atoms with Crippen LogP contribution in [0.2, 0.25) is 10.0 Å². The molecule has 20 heavy (non-hydrogen) atoms. The highest BCUT2D eigenvalue weighted by Gasteiger charge is 2.10. The van der Waals surface area contributed by atoms with Crippen molar-refractivity contribution >= 4 is 40.7 Å². The zero-order chi connectivity index (χ0) is 14.5. The first-order valence-electron chi connectivity index (χ1n) is 5.85. The van der Waals surface area contributed by atoms with E-state index < -0.39 is 0 Å². The summed E-state index contributed by atoms with van der Waals surface area (Å²) in [6.07, 6.45) is 0. The monoisotopic (exact) mass is 326 g/mol. The second-order valence-corrected chi connectivity index (χ2v) is 5.91. The molecule has 0 amide bonds. The number of carbonyl (C=O) groups is 1. The van der Waals surface area contributed by atoms with Crippen LogP contribution in [0.1, 0.15) is 10.4 Å². The highest BCUT2D eigenvalue weighted by molar-refractivity contribution is 8.00. The smallest absolute Gasteiger partial charge is 0.173 e. The van der Waals surface area contributed by atoms with Gasteiger partial charge < -0.3 is 4.74 Å². The second-order valence-electron chi connectivity index (χ2n) is 4.02. The van der Waals surface area contributed by atoms with Crippen molar-refractivity contribution in [3.63, 3.8) is 0 Å². The van der Waals surface area contributed by atoms with Crippen molar-refractivity contribution < 1.29 is 9.53 Å². The van der Waals surface area contributed by atoms with E-state index in [-0.39, 0.29) is 5.78 Å². The van der Waals surface area contributed by atoms with E-state index in [0.29, 0.717) is 27.1 Å². The third-order valence-electron chi connectivity index (χ3n) is 2.64. The number of methoxy groups -OCH3 is 1. The molecule has 104 valence electrons. The second kappa shape index (κ2) is 7.02. The molecular formula is C15H12Cl2O2S. The minimum absolute atomic E-state index is 0.0185. The van der Waals surface area contributed by atoms with Gasteiger partial charge in [0.2, 0.25) is 0 Å². The largest absolute Gasteiger partial charge is 0.495 e. The molecule has 0 aliphatic carbocycles. The Labute approximate surface area is 132 Å². The maximum atomic E-state index is 12.1. The molecule has 0 aliphatic heterocycles. The number of ketones is 1. The molecule has 0 bridgehead atoms. The van der Waals surface area contributed by atoms with Crippen LogP contribution in [0.3, 0.4) is 0 Å². The lowest BCUT2D eigenvalue weighted by atomic mass is 10.1. The number of hydrogen-bond acceptors (Lipinski definition) is 3. The summed E-state index contributed by atoms with van der Waals surface area (Å²) >= 11 is 13.3. The fourth-order valence-corrected chi connectivity index (χ4v) is 2.92. The lowest BCUT2D eigenvalue weighted by Crippen LogP contribution is -2.02. The Morgan fingerprint density at radius 2 is 2.00 bits per heavy atom. The number of Topliss-reactive ketones (excluding diaryl/α,β-unsaturated/α-hetero) is 1. The Hall–Kier alpha value is -1.16. The van der Waals surface area contributed by atoms with E-state index in [1.807, 2.05) is 18.2 Å². The van der Waals surface area contributed by atoms with Crippen molar-refractivity contribution in [3.8, 4) is 5.75 Å². The number of hydrogen-bond donors (Lipinski definition) is 0. The highest BCUT2D eigenvalue weighted by Crippen LogP contribution is 2.27. The number of benzene rings is 2.